The summed E-state index contributed by atoms with van der Waals surface area (Å²) in [5, 5.41) is 9.95. The van der Waals surface area contributed by atoms with E-state index in [0.29, 0.717) is 6.54 Å². The minimum absolute atomic E-state index is 0.291. The van der Waals surface area contributed by atoms with Crippen LogP contribution in [-0.4, -0.2) is 55.4 Å². The van der Waals surface area contributed by atoms with Gasteiger partial charge in [0.05, 0.1) is 12.1 Å². The SMILES string of the molecule is CCCCNC(=O)[C@H](N=[N+]=[N-])[C@H]1O[C@@H]2OC(C)(C)O[C@@H]2[C@@H]1NCCCC. The molecule has 2 saturated heterocycles. The Kier molecular flexibility index (Phi) is 7.67. The molecule has 2 aliphatic heterocycles. The van der Waals surface area contributed by atoms with Gasteiger partial charge in [0.15, 0.2) is 12.1 Å². The molecule has 26 heavy (non-hydrogen) atoms. The molecule has 0 spiro atoms. The van der Waals surface area contributed by atoms with E-state index in [0.717, 1.165) is 32.2 Å². The van der Waals surface area contributed by atoms with Gasteiger partial charge in [-0.3, -0.25) is 4.79 Å². The Labute approximate surface area is 154 Å². The van der Waals surface area contributed by atoms with Gasteiger partial charge in [-0.2, -0.15) is 0 Å². The molecule has 0 saturated carbocycles. The Morgan fingerprint density at radius 1 is 1.23 bits per heavy atom. The lowest BCUT2D eigenvalue weighted by atomic mass is 10.00. The first-order chi connectivity index (χ1) is 12.4. The van der Waals surface area contributed by atoms with Crippen molar-refractivity contribution in [1.29, 1.82) is 0 Å². The largest absolute Gasteiger partial charge is 0.356 e. The van der Waals surface area contributed by atoms with Gasteiger partial charge in [0.1, 0.15) is 12.1 Å². The topological polar surface area (TPSA) is 118 Å². The van der Waals surface area contributed by atoms with E-state index in [4.69, 9.17) is 19.7 Å². The summed E-state index contributed by atoms with van der Waals surface area (Å²) in [4.78, 5) is 15.4. The van der Waals surface area contributed by atoms with Crippen molar-refractivity contribution in [3.05, 3.63) is 10.4 Å². The van der Waals surface area contributed by atoms with Crippen molar-refractivity contribution in [3.63, 3.8) is 0 Å². The fourth-order valence-corrected chi connectivity index (χ4v) is 3.30. The van der Waals surface area contributed by atoms with E-state index in [9.17, 15) is 4.79 Å². The van der Waals surface area contributed by atoms with Crippen molar-refractivity contribution >= 4 is 5.91 Å². The number of ether oxygens (including phenoxy) is 3. The summed E-state index contributed by atoms with van der Waals surface area (Å²) >= 11 is 0. The second-order valence-electron chi connectivity index (χ2n) is 7.20. The molecular weight excluding hydrogens is 338 g/mol. The molecule has 0 aliphatic carbocycles. The van der Waals surface area contributed by atoms with E-state index >= 15 is 0 Å². The number of rotatable bonds is 10. The maximum atomic E-state index is 12.6. The molecule has 2 fully saturated rings. The third-order valence-electron chi connectivity index (χ3n) is 4.58. The zero-order chi connectivity index (χ0) is 19.2. The molecule has 9 heteroatoms. The van der Waals surface area contributed by atoms with Crippen molar-refractivity contribution in [1.82, 2.24) is 10.6 Å². The third kappa shape index (κ3) is 5.08. The van der Waals surface area contributed by atoms with Crippen LogP contribution in [0.3, 0.4) is 0 Å². The van der Waals surface area contributed by atoms with Crippen LogP contribution in [-0.2, 0) is 19.0 Å². The minimum Gasteiger partial charge on any atom is -0.356 e. The molecule has 0 radical (unpaired) electrons. The second kappa shape index (κ2) is 9.53. The lowest BCUT2D eigenvalue weighted by Crippen LogP contribution is -2.53. The molecule has 0 aromatic heterocycles. The third-order valence-corrected chi connectivity index (χ3v) is 4.58. The van der Waals surface area contributed by atoms with Gasteiger partial charge in [-0.15, -0.1) is 0 Å². The standard InChI is InChI=1S/C17H31N5O4/c1-5-7-9-19-11-13(24-16-14(11)25-17(3,4)26-16)12(21-22-18)15(23)20-10-8-6-2/h11-14,16,19H,5-10H2,1-4H3,(H,20,23)/t11-,12-,13+,14-,16-/m1/s1. The minimum atomic E-state index is -0.975. The fraction of sp³-hybridized carbons (Fsp3) is 0.941. The summed E-state index contributed by atoms with van der Waals surface area (Å²) in [6.45, 7) is 9.11. The van der Waals surface area contributed by atoms with Crippen LogP contribution in [0.25, 0.3) is 10.4 Å². The smallest absolute Gasteiger partial charge is 0.231 e. The van der Waals surface area contributed by atoms with E-state index < -0.39 is 24.2 Å². The van der Waals surface area contributed by atoms with Crippen molar-refractivity contribution < 1.29 is 19.0 Å². The van der Waals surface area contributed by atoms with E-state index in [1.807, 2.05) is 20.8 Å². The van der Waals surface area contributed by atoms with Crippen LogP contribution in [0.2, 0.25) is 0 Å². The predicted octanol–water partition coefficient (Wildman–Crippen LogP) is 2.22. The van der Waals surface area contributed by atoms with E-state index in [1.54, 1.807) is 0 Å². The summed E-state index contributed by atoms with van der Waals surface area (Å²) < 4.78 is 17.7. The van der Waals surface area contributed by atoms with Crippen molar-refractivity contribution in [2.45, 2.75) is 89.7 Å². The summed E-state index contributed by atoms with van der Waals surface area (Å²) in [5.74, 6) is -1.08. The molecule has 1 amide bonds. The molecule has 0 unspecified atom stereocenters. The average molecular weight is 369 g/mol. The Morgan fingerprint density at radius 2 is 1.92 bits per heavy atom. The highest BCUT2D eigenvalue weighted by molar-refractivity contribution is 5.82. The number of hydrogen-bond acceptors (Lipinski definition) is 6. The van der Waals surface area contributed by atoms with Crippen molar-refractivity contribution in [3.8, 4) is 0 Å². The first-order valence-electron chi connectivity index (χ1n) is 9.50. The highest BCUT2D eigenvalue weighted by atomic mass is 16.8. The van der Waals surface area contributed by atoms with Gasteiger partial charge in [-0.1, -0.05) is 31.8 Å². The molecule has 2 heterocycles. The zero-order valence-electron chi connectivity index (χ0n) is 16.1. The number of amides is 1. The Bertz CT molecular complexity index is 523. The van der Waals surface area contributed by atoms with Crippen LogP contribution in [0.5, 0.6) is 0 Å². The molecule has 9 nitrogen and oxygen atoms in total. The van der Waals surface area contributed by atoms with Crippen molar-refractivity contribution in [2.75, 3.05) is 13.1 Å². The fourth-order valence-electron chi connectivity index (χ4n) is 3.30. The average Bonchev–Trinajstić information content (AvgIpc) is 3.05. The normalized spacial score (nSPS) is 30.5. The van der Waals surface area contributed by atoms with Crippen LogP contribution >= 0.6 is 0 Å². The van der Waals surface area contributed by atoms with Crippen LogP contribution in [0.1, 0.15) is 53.4 Å². The highest BCUT2D eigenvalue weighted by Crippen LogP contribution is 2.38. The van der Waals surface area contributed by atoms with E-state index in [1.165, 1.54) is 0 Å². The number of azide groups is 1. The zero-order valence-corrected chi connectivity index (χ0v) is 16.1. The molecule has 0 aromatic rings. The van der Waals surface area contributed by atoms with E-state index in [-0.39, 0.29) is 18.1 Å². The first-order valence-corrected chi connectivity index (χ1v) is 9.50. The maximum Gasteiger partial charge on any atom is 0.231 e. The van der Waals surface area contributed by atoms with Gasteiger partial charge >= 0.3 is 0 Å². The Morgan fingerprint density at radius 3 is 2.58 bits per heavy atom. The molecule has 2 rings (SSSR count). The number of carbonyl (C=O) groups is 1. The molecule has 148 valence electrons. The van der Waals surface area contributed by atoms with Crippen LogP contribution < -0.4 is 10.6 Å². The molecule has 2 aliphatic rings. The van der Waals surface area contributed by atoms with Gasteiger partial charge in [0.25, 0.3) is 0 Å². The number of unbranched alkanes of at least 4 members (excludes halogenated alkanes) is 2. The van der Waals surface area contributed by atoms with Crippen LogP contribution in [0.15, 0.2) is 5.11 Å². The second-order valence-corrected chi connectivity index (χ2v) is 7.20. The molecule has 0 bridgehead atoms. The lowest BCUT2D eigenvalue weighted by molar-refractivity contribution is -0.209. The number of carbonyl (C=O) groups excluding carboxylic acids is 1. The first kappa shape index (κ1) is 20.9. The quantitative estimate of drug-likeness (QED) is 0.265. The van der Waals surface area contributed by atoms with Gasteiger partial charge in [0, 0.05) is 11.5 Å². The van der Waals surface area contributed by atoms with Gasteiger partial charge in [0.2, 0.25) is 5.91 Å². The maximum absolute atomic E-state index is 12.6. The van der Waals surface area contributed by atoms with Gasteiger partial charge in [-0.25, -0.2) is 0 Å². The van der Waals surface area contributed by atoms with Crippen molar-refractivity contribution in [2.24, 2.45) is 5.11 Å². The van der Waals surface area contributed by atoms with Gasteiger partial charge in [-0.05, 0) is 38.8 Å². The summed E-state index contributed by atoms with van der Waals surface area (Å²) in [5.41, 5.74) is 8.94. The molecule has 0 aromatic carbocycles. The lowest BCUT2D eigenvalue weighted by Gasteiger charge is -2.29. The number of nitrogens with zero attached hydrogens (tertiary/aromatic N) is 3. The summed E-state index contributed by atoms with van der Waals surface area (Å²) in [7, 11) is 0. The van der Waals surface area contributed by atoms with Crippen LogP contribution in [0, 0.1) is 0 Å². The molecular formula is C17H31N5O4. The molecule has 2 N–H and O–H groups in total. The summed E-state index contributed by atoms with van der Waals surface area (Å²) in [6, 6.07) is -1.27. The number of nitrogens with one attached hydrogen (secondary N) is 2. The number of fused-ring (bicyclic) bond motifs is 1. The monoisotopic (exact) mass is 369 g/mol. The Hall–Kier alpha value is -1.38. The highest BCUT2D eigenvalue weighted by Gasteiger charge is 2.57. The summed E-state index contributed by atoms with van der Waals surface area (Å²) in [6.07, 6.45) is 2.27. The predicted molar refractivity (Wildman–Crippen MR) is 96.2 cm³/mol. The van der Waals surface area contributed by atoms with E-state index in [2.05, 4.69) is 27.6 Å². The van der Waals surface area contributed by atoms with Gasteiger partial charge < -0.3 is 24.8 Å². The molecule has 5 atom stereocenters. The number of hydrogen-bond donors (Lipinski definition) is 2. The van der Waals surface area contributed by atoms with Crippen LogP contribution in [0.4, 0.5) is 0 Å². The Balaban J connectivity index is 2.14.